The van der Waals surface area contributed by atoms with Gasteiger partial charge in [-0.05, 0) is 64.7 Å². The summed E-state index contributed by atoms with van der Waals surface area (Å²) >= 11 is 0. The maximum Gasteiger partial charge on any atom is 0.146 e. The van der Waals surface area contributed by atoms with E-state index in [4.69, 9.17) is 15.0 Å². The van der Waals surface area contributed by atoms with Gasteiger partial charge in [0.1, 0.15) is 11.3 Å². The fourth-order valence-electron chi connectivity index (χ4n) is 7.37. The average molecular weight is 588 g/mol. The van der Waals surface area contributed by atoms with Crippen LogP contribution in [0.4, 0.5) is 0 Å². The summed E-state index contributed by atoms with van der Waals surface area (Å²) in [5.74, 6) is 0. The Hall–Kier alpha value is -6.33. The number of hydrogen-bond donors (Lipinski definition) is 0. The number of benzene rings is 5. The minimum atomic E-state index is 0.894. The normalized spacial score (nSPS) is 11.9. The van der Waals surface area contributed by atoms with Crippen molar-refractivity contribution in [1.82, 2.24) is 24.1 Å². The number of hydrogen-bond acceptors (Lipinski definition) is 3. The van der Waals surface area contributed by atoms with Gasteiger partial charge in [0.25, 0.3) is 0 Å². The molecule has 0 radical (unpaired) electrons. The van der Waals surface area contributed by atoms with Crippen molar-refractivity contribution in [2.45, 2.75) is 0 Å². The van der Waals surface area contributed by atoms with Crippen LogP contribution in [0.15, 0.2) is 152 Å². The highest BCUT2D eigenvalue weighted by molar-refractivity contribution is 6.21. The molecule has 10 rings (SSSR count). The highest BCUT2D eigenvalue weighted by Gasteiger charge is 2.26. The van der Waals surface area contributed by atoms with Gasteiger partial charge in [0.15, 0.2) is 0 Å². The molecule has 0 fully saturated rings. The van der Waals surface area contributed by atoms with E-state index in [0.717, 1.165) is 72.8 Å². The first kappa shape index (κ1) is 25.0. The van der Waals surface area contributed by atoms with Crippen LogP contribution in [-0.2, 0) is 0 Å². The Labute approximate surface area is 264 Å². The molecule has 0 amide bonds. The molecule has 0 spiro atoms. The van der Waals surface area contributed by atoms with Crippen LogP contribution in [0, 0.1) is 0 Å². The number of para-hydroxylation sites is 2. The van der Waals surface area contributed by atoms with E-state index in [0.29, 0.717) is 0 Å². The largest absolute Gasteiger partial charge is 0.295 e. The van der Waals surface area contributed by atoms with Crippen LogP contribution in [-0.4, -0.2) is 24.1 Å². The first-order valence-electron chi connectivity index (χ1n) is 15.5. The minimum Gasteiger partial charge on any atom is -0.295 e. The number of aromatic nitrogens is 5. The summed E-state index contributed by atoms with van der Waals surface area (Å²) in [5, 5.41) is 3.54. The van der Waals surface area contributed by atoms with Gasteiger partial charge < -0.3 is 0 Å². The van der Waals surface area contributed by atoms with Gasteiger partial charge >= 0.3 is 0 Å². The number of rotatable bonds is 2. The predicted octanol–water partition coefficient (Wildman–Crippen LogP) is 9.89. The molecule has 1 aliphatic rings. The molecule has 0 saturated carbocycles. The van der Waals surface area contributed by atoms with Crippen LogP contribution in [0.5, 0.6) is 0 Å². The molecule has 1 aliphatic carbocycles. The van der Waals surface area contributed by atoms with E-state index in [1.807, 2.05) is 12.3 Å². The average Bonchev–Trinajstić information content (AvgIpc) is 3.64. The molecule has 0 bridgehead atoms. The molecular weight excluding hydrogens is 562 g/mol. The fourth-order valence-corrected chi connectivity index (χ4v) is 7.37. The molecule has 5 heteroatoms. The molecular formula is C41H25N5. The summed E-state index contributed by atoms with van der Waals surface area (Å²) in [6, 6.07) is 47.4. The van der Waals surface area contributed by atoms with Gasteiger partial charge in [-0.3, -0.25) is 19.1 Å². The van der Waals surface area contributed by atoms with Gasteiger partial charge in [0.05, 0.1) is 16.9 Å². The molecule has 5 nitrogen and oxygen atoms in total. The lowest BCUT2D eigenvalue weighted by Crippen LogP contribution is -2.04. The number of fused-ring (bicyclic) bond motifs is 13. The Balaban J connectivity index is 1.35. The second kappa shape index (κ2) is 9.58. The van der Waals surface area contributed by atoms with E-state index < -0.39 is 0 Å². The van der Waals surface area contributed by atoms with Crippen LogP contribution in [0.1, 0.15) is 0 Å². The zero-order valence-electron chi connectivity index (χ0n) is 24.7. The van der Waals surface area contributed by atoms with Crippen LogP contribution in [0.3, 0.4) is 0 Å². The van der Waals surface area contributed by atoms with Crippen molar-refractivity contribution in [3.63, 3.8) is 0 Å². The van der Waals surface area contributed by atoms with Crippen molar-refractivity contribution < 1.29 is 0 Å². The van der Waals surface area contributed by atoms with E-state index in [1.165, 1.54) is 16.3 Å². The molecule has 4 aromatic heterocycles. The Morgan fingerprint density at radius 1 is 0.391 bits per heavy atom. The lowest BCUT2D eigenvalue weighted by atomic mass is 9.84. The van der Waals surface area contributed by atoms with Crippen LogP contribution >= 0.6 is 0 Å². The predicted molar refractivity (Wildman–Crippen MR) is 186 cm³/mol. The SMILES string of the molecule is c1ccc(-n2c3ncccc3c3c4ccccc4n(-c4ccc5c(c4)-c4ccccc4-c4nccnc4-c4ccccc4-5)c32)cc1. The summed E-state index contributed by atoms with van der Waals surface area (Å²) in [7, 11) is 0. The van der Waals surface area contributed by atoms with Crippen LogP contribution < -0.4 is 0 Å². The molecule has 0 atom stereocenters. The van der Waals surface area contributed by atoms with Gasteiger partial charge in [-0.15, -0.1) is 0 Å². The Morgan fingerprint density at radius 2 is 1.00 bits per heavy atom. The van der Waals surface area contributed by atoms with Gasteiger partial charge in [-0.1, -0.05) is 91.0 Å². The topological polar surface area (TPSA) is 48.5 Å². The van der Waals surface area contributed by atoms with E-state index in [1.54, 1.807) is 12.4 Å². The van der Waals surface area contributed by atoms with E-state index >= 15 is 0 Å². The highest BCUT2D eigenvalue weighted by Crippen LogP contribution is 2.47. The Kier molecular flexibility index (Phi) is 5.22. The molecule has 46 heavy (non-hydrogen) atoms. The van der Waals surface area contributed by atoms with E-state index in [9.17, 15) is 0 Å². The van der Waals surface area contributed by atoms with Crippen molar-refractivity contribution >= 4 is 33.0 Å². The summed E-state index contributed by atoms with van der Waals surface area (Å²) in [4.78, 5) is 14.6. The third-order valence-corrected chi connectivity index (χ3v) is 9.25. The summed E-state index contributed by atoms with van der Waals surface area (Å²) in [6.07, 6.45) is 5.46. The fraction of sp³-hybridized carbons (Fsp3) is 0. The van der Waals surface area contributed by atoms with Crippen molar-refractivity contribution in [2.75, 3.05) is 0 Å². The lowest BCUT2D eigenvalue weighted by molar-refractivity contribution is 1.05. The summed E-state index contributed by atoms with van der Waals surface area (Å²) < 4.78 is 4.71. The first-order valence-corrected chi connectivity index (χ1v) is 15.5. The maximum atomic E-state index is 4.91. The molecule has 0 unspecified atom stereocenters. The monoisotopic (exact) mass is 587 g/mol. The van der Waals surface area contributed by atoms with Gasteiger partial charge in [-0.25, -0.2) is 4.98 Å². The highest BCUT2D eigenvalue weighted by atomic mass is 15.2. The third kappa shape index (κ3) is 3.42. The van der Waals surface area contributed by atoms with Gasteiger partial charge in [0, 0.05) is 57.3 Å². The van der Waals surface area contributed by atoms with E-state index in [-0.39, 0.29) is 0 Å². The minimum absolute atomic E-state index is 0.894. The van der Waals surface area contributed by atoms with Gasteiger partial charge in [-0.2, -0.15) is 0 Å². The van der Waals surface area contributed by atoms with Crippen molar-refractivity contribution in [1.29, 1.82) is 0 Å². The molecule has 0 saturated heterocycles. The summed E-state index contributed by atoms with van der Waals surface area (Å²) in [5.41, 5.74) is 13.9. The van der Waals surface area contributed by atoms with Crippen molar-refractivity contribution in [3.8, 4) is 56.1 Å². The standard InChI is InChI=1S/C41H25N5/c1-2-11-26(12-3-1)46-40-34(18-10-22-44-40)37-33-17-8-9-19-36(33)45(41(37)46)27-20-21-30-28-13-4-6-15-31(28)38-39(43-24-23-42-38)32-16-7-5-14-29(32)35(30)25-27/h1-25H. The summed E-state index contributed by atoms with van der Waals surface area (Å²) in [6.45, 7) is 0. The third-order valence-electron chi connectivity index (χ3n) is 9.25. The van der Waals surface area contributed by atoms with E-state index in [2.05, 4.69) is 137 Å². The number of nitrogens with zero attached hydrogens (tertiary/aromatic N) is 5. The Morgan fingerprint density at radius 3 is 1.76 bits per heavy atom. The smallest absolute Gasteiger partial charge is 0.146 e. The molecule has 0 aliphatic heterocycles. The molecule has 214 valence electrons. The molecule has 4 heterocycles. The zero-order valence-corrected chi connectivity index (χ0v) is 24.7. The van der Waals surface area contributed by atoms with Crippen LogP contribution in [0.2, 0.25) is 0 Å². The molecule has 0 N–H and O–H groups in total. The molecule has 9 aromatic rings. The number of pyridine rings is 1. The second-order valence-corrected chi connectivity index (χ2v) is 11.7. The van der Waals surface area contributed by atoms with Crippen molar-refractivity contribution in [3.05, 3.63) is 152 Å². The van der Waals surface area contributed by atoms with Crippen LogP contribution in [0.25, 0.3) is 89.1 Å². The van der Waals surface area contributed by atoms with Crippen molar-refractivity contribution in [2.24, 2.45) is 0 Å². The zero-order chi connectivity index (χ0) is 30.2. The lowest BCUT2D eigenvalue weighted by Gasteiger charge is -2.22. The van der Waals surface area contributed by atoms with Gasteiger partial charge in [0.2, 0.25) is 0 Å². The second-order valence-electron chi connectivity index (χ2n) is 11.7. The first-order chi connectivity index (χ1) is 22.9. The molecule has 5 aromatic carbocycles. The quantitative estimate of drug-likeness (QED) is 0.202. The Bertz CT molecular complexity index is 2640. The maximum absolute atomic E-state index is 4.91.